The summed E-state index contributed by atoms with van der Waals surface area (Å²) in [6, 6.07) is 9.16. The molecule has 1 atom stereocenters. The van der Waals surface area contributed by atoms with Gasteiger partial charge in [0.25, 0.3) is 11.5 Å². The SMILES string of the molecule is CN=C(NC=C(F)C=NCC(O)(C(N)=O)C(F)(F)F)c1cc(-c2ccon2)n(Cc2ccccc2F)n1. The third kappa shape index (κ3) is 6.24. The molecule has 15 heteroatoms. The Bertz CT molecular complexity index is 1330. The molecular formula is C22H20F5N7O3. The van der Waals surface area contributed by atoms with E-state index in [1.165, 1.54) is 30.1 Å². The van der Waals surface area contributed by atoms with Crippen molar-refractivity contribution in [2.24, 2.45) is 15.7 Å². The van der Waals surface area contributed by atoms with E-state index in [1.807, 2.05) is 0 Å². The van der Waals surface area contributed by atoms with Gasteiger partial charge in [0, 0.05) is 24.9 Å². The van der Waals surface area contributed by atoms with Gasteiger partial charge in [0.05, 0.1) is 25.0 Å². The van der Waals surface area contributed by atoms with Gasteiger partial charge in [-0.05, 0) is 12.1 Å². The van der Waals surface area contributed by atoms with E-state index in [-0.39, 0.29) is 18.1 Å². The fourth-order valence-corrected chi connectivity index (χ4v) is 2.99. The Kier molecular flexibility index (Phi) is 8.17. The predicted molar refractivity (Wildman–Crippen MR) is 122 cm³/mol. The number of rotatable bonds is 9. The molecule has 2 heterocycles. The summed E-state index contributed by atoms with van der Waals surface area (Å²) in [6.07, 6.45) is -3.00. The topological polar surface area (TPSA) is 144 Å². The lowest BCUT2D eigenvalue weighted by atomic mass is 10.0. The maximum Gasteiger partial charge on any atom is 0.428 e. The zero-order valence-corrected chi connectivity index (χ0v) is 19.1. The third-order valence-electron chi connectivity index (χ3n) is 4.98. The number of carbonyl (C=O) groups excluding carboxylic acids is 1. The minimum Gasteiger partial charge on any atom is -0.371 e. The second-order valence-electron chi connectivity index (χ2n) is 7.49. The average molecular weight is 525 g/mol. The molecule has 37 heavy (non-hydrogen) atoms. The number of nitrogens with one attached hydrogen (secondary N) is 1. The zero-order chi connectivity index (χ0) is 27.2. The van der Waals surface area contributed by atoms with Gasteiger partial charge in [-0.3, -0.25) is 19.5 Å². The lowest BCUT2D eigenvalue weighted by molar-refractivity contribution is -0.246. The summed E-state index contributed by atoms with van der Waals surface area (Å²) < 4.78 is 73.2. The standard InChI is InChI=1S/C22H20F5N7O3/c1-29-19(31-10-14(23)9-30-12-21(36,20(28)35)22(25,26)27)17-8-18(16-6-7-37-33-16)34(32-17)11-13-4-2-3-5-15(13)24/h2-10,36H,11-12H2,1H3,(H2,28,35)(H,29,31). The minimum atomic E-state index is -5.40. The number of nitrogens with two attached hydrogens (primary N) is 1. The molecule has 0 bridgehead atoms. The monoisotopic (exact) mass is 525 g/mol. The first-order chi connectivity index (χ1) is 17.5. The Labute approximate surface area is 206 Å². The smallest absolute Gasteiger partial charge is 0.371 e. The summed E-state index contributed by atoms with van der Waals surface area (Å²) >= 11 is 0. The lowest BCUT2D eigenvalue weighted by Crippen LogP contribution is -2.57. The highest BCUT2D eigenvalue weighted by atomic mass is 19.4. The summed E-state index contributed by atoms with van der Waals surface area (Å²) in [4.78, 5) is 18.1. The molecule has 1 aromatic carbocycles. The van der Waals surface area contributed by atoms with Crippen LogP contribution in [0, 0.1) is 5.82 Å². The van der Waals surface area contributed by atoms with Crippen molar-refractivity contribution in [1.29, 1.82) is 0 Å². The molecule has 0 saturated carbocycles. The van der Waals surface area contributed by atoms with Crippen LogP contribution < -0.4 is 11.1 Å². The largest absolute Gasteiger partial charge is 0.428 e. The van der Waals surface area contributed by atoms with Gasteiger partial charge in [-0.15, -0.1) is 0 Å². The molecule has 4 N–H and O–H groups in total. The van der Waals surface area contributed by atoms with Gasteiger partial charge in [-0.25, -0.2) is 8.78 Å². The maximum absolute atomic E-state index is 14.2. The van der Waals surface area contributed by atoms with Gasteiger partial charge in [0.2, 0.25) is 0 Å². The number of primary amides is 1. The molecule has 0 aliphatic rings. The summed E-state index contributed by atoms with van der Waals surface area (Å²) in [6.45, 7) is -1.52. The highest BCUT2D eigenvalue weighted by molar-refractivity contribution is 5.98. The van der Waals surface area contributed by atoms with Crippen molar-refractivity contribution in [3.63, 3.8) is 0 Å². The number of nitrogens with zero attached hydrogens (tertiary/aromatic N) is 5. The Morgan fingerprint density at radius 2 is 2.03 bits per heavy atom. The number of amides is 1. The van der Waals surface area contributed by atoms with Crippen molar-refractivity contribution in [2.45, 2.75) is 18.3 Å². The van der Waals surface area contributed by atoms with Crippen LogP contribution in [0.25, 0.3) is 11.4 Å². The van der Waals surface area contributed by atoms with Crippen molar-refractivity contribution in [3.8, 4) is 11.4 Å². The van der Waals surface area contributed by atoms with Crippen LogP contribution in [0.5, 0.6) is 0 Å². The van der Waals surface area contributed by atoms with E-state index in [2.05, 4.69) is 31.3 Å². The van der Waals surface area contributed by atoms with Gasteiger partial charge in [0.1, 0.15) is 23.5 Å². The second kappa shape index (κ2) is 11.1. The summed E-state index contributed by atoms with van der Waals surface area (Å²) in [7, 11) is 1.37. The van der Waals surface area contributed by atoms with Crippen LogP contribution >= 0.6 is 0 Å². The van der Waals surface area contributed by atoms with Crippen molar-refractivity contribution >= 4 is 18.0 Å². The summed E-state index contributed by atoms with van der Waals surface area (Å²) in [5, 5.41) is 20.2. The number of alkyl halides is 3. The first-order valence-corrected chi connectivity index (χ1v) is 10.4. The molecule has 3 aromatic rings. The number of amidine groups is 1. The molecule has 1 unspecified atom stereocenters. The molecule has 0 aliphatic carbocycles. The van der Waals surface area contributed by atoms with E-state index in [9.17, 15) is 31.9 Å². The lowest BCUT2D eigenvalue weighted by Gasteiger charge is -2.24. The Morgan fingerprint density at radius 3 is 2.62 bits per heavy atom. The number of aliphatic hydroxyl groups is 1. The highest BCUT2D eigenvalue weighted by Gasteiger charge is 2.58. The minimum absolute atomic E-state index is 0.0185. The summed E-state index contributed by atoms with van der Waals surface area (Å²) in [5.41, 5.74) is 1.99. The van der Waals surface area contributed by atoms with Crippen LogP contribution in [-0.2, 0) is 11.3 Å². The molecule has 0 radical (unpaired) electrons. The van der Waals surface area contributed by atoms with E-state index < -0.39 is 35.9 Å². The molecule has 2 aromatic heterocycles. The van der Waals surface area contributed by atoms with Crippen molar-refractivity contribution in [3.05, 3.63) is 71.8 Å². The number of aliphatic imine (C=N–C) groups is 2. The molecule has 196 valence electrons. The van der Waals surface area contributed by atoms with Gasteiger partial charge < -0.3 is 20.7 Å². The van der Waals surface area contributed by atoms with Crippen molar-refractivity contribution in [2.75, 3.05) is 13.6 Å². The van der Waals surface area contributed by atoms with Gasteiger partial charge in [0.15, 0.2) is 11.7 Å². The van der Waals surface area contributed by atoms with Crippen molar-refractivity contribution in [1.82, 2.24) is 20.3 Å². The normalized spacial score (nSPS) is 14.7. The first-order valence-electron chi connectivity index (χ1n) is 10.4. The Hall–Kier alpha value is -4.40. The predicted octanol–water partition coefficient (Wildman–Crippen LogP) is 2.35. The number of allylic oxidation sites excluding steroid dienone is 1. The number of halogens is 5. The number of aromatic nitrogens is 3. The highest BCUT2D eigenvalue weighted by Crippen LogP contribution is 2.30. The molecule has 0 aliphatic heterocycles. The molecule has 3 rings (SSSR count). The van der Waals surface area contributed by atoms with Crippen molar-refractivity contribution < 1.29 is 36.4 Å². The second-order valence-corrected chi connectivity index (χ2v) is 7.49. The van der Waals surface area contributed by atoms with Crippen LogP contribution in [0.1, 0.15) is 11.3 Å². The van der Waals surface area contributed by atoms with E-state index in [0.29, 0.717) is 29.4 Å². The molecule has 0 fully saturated rings. The molecule has 0 spiro atoms. The van der Waals surface area contributed by atoms with E-state index in [1.54, 1.807) is 24.3 Å². The van der Waals surface area contributed by atoms with E-state index in [0.717, 1.165) is 0 Å². The Morgan fingerprint density at radius 1 is 1.30 bits per heavy atom. The molecular weight excluding hydrogens is 505 g/mol. The fraction of sp³-hybridized carbons (Fsp3) is 0.227. The number of benzene rings is 1. The molecule has 10 nitrogen and oxygen atoms in total. The number of carbonyl (C=O) groups is 1. The van der Waals surface area contributed by atoms with Crippen LogP contribution in [0.4, 0.5) is 22.0 Å². The molecule has 1 amide bonds. The van der Waals surface area contributed by atoms with Gasteiger partial charge in [-0.1, -0.05) is 23.4 Å². The van der Waals surface area contributed by atoms with Gasteiger partial charge in [-0.2, -0.15) is 18.3 Å². The summed E-state index contributed by atoms with van der Waals surface area (Å²) in [5.74, 6) is -3.66. The van der Waals surface area contributed by atoms with Gasteiger partial charge >= 0.3 is 6.18 Å². The van der Waals surface area contributed by atoms with Crippen LogP contribution in [0.2, 0.25) is 0 Å². The number of hydrogen-bond donors (Lipinski definition) is 3. The third-order valence-corrected chi connectivity index (χ3v) is 4.98. The van der Waals surface area contributed by atoms with E-state index in [4.69, 9.17) is 4.52 Å². The number of hydrogen-bond acceptors (Lipinski definition) is 7. The fourth-order valence-electron chi connectivity index (χ4n) is 2.99. The van der Waals surface area contributed by atoms with Crippen LogP contribution in [0.3, 0.4) is 0 Å². The Balaban J connectivity index is 1.81. The maximum atomic E-state index is 14.2. The van der Waals surface area contributed by atoms with Crippen LogP contribution in [0.15, 0.2) is 69.2 Å². The van der Waals surface area contributed by atoms with Crippen LogP contribution in [-0.4, -0.2) is 63.4 Å². The average Bonchev–Trinajstić information content (AvgIpc) is 3.50. The first kappa shape index (κ1) is 27.2. The zero-order valence-electron chi connectivity index (χ0n) is 19.1. The molecule has 0 saturated heterocycles. The van der Waals surface area contributed by atoms with E-state index >= 15 is 0 Å². The quantitative estimate of drug-likeness (QED) is 0.222.